The molecule has 0 saturated carbocycles. The minimum atomic E-state index is -0.634. The number of carbonyl (C=O) groups excluding carboxylic acids is 1. The van der Waals surface area contributed by atoms with Gasteiger partial charge in [0.05, 0.1) is 23.9 Å². The number of aliphatic imine (C=N–C) groups is 1. The molecule has 0 aliphatic carbocycles. The monoisotopic (exact) mass is 358 g/mol. The van der Waals surface area contributed by atoms with Crippen molar-refractivity contribution in [2.75, 3.05) is 6.61 Å². The quantitative estimate of drug-likeness (QED) is 0.836. The summed E-state index contributed by atoms with van der Waals surface area (Å²) >= 11 is 1.14. The number of thioether (sulfide) groups is 1. The first kappa shape index (κ1) is 17.0. The zero-order valence-electron chi connectivity index (χ0n) is 13.6. The lowest BCUT2D eigenvalue weighted by Gasteiger charge is -2.34. The highest BCUT2D eigenvalue weighted by Gasteiger charge is 2.42. The van der Waals surface area contributed by atoms with E-state index in [9.17, 15) is 14.4 Å². The third-order valence-electron chi connectivity index (χ3n) is 3.86. The summed E-state index contributed by atoms with van der Waals surface area (Å²) in [5.41, 5.74) is 7.57. The highest BCUT2D eigenvalue weighted by molar-refractivity contribution is 8.17. The standard InChI is InChI=1S/C17H15FN4O2S/c1-3-24-16(23)13-9(2)21-17-22(15(20)12(8-19)25-17)14(13)10-4-6-11(18)7-5-10/h4-7,14H,3,20H2,1-2H3/t14-/m1/s1. The molecule has 0 aromatic heterocycles. The van der Waals surface area contributed by atoms with Crippen LogP contribution in [0.4, 0.5) is 4.39 Å². The van der Waals surface area contributed by atoms with E-state index in [0.29, 0.717) is 26.9 Å². The van der Waals surface area contributed by atoms with Crippen LogP contribution in [0.5, 0.6) is 0 Å². The highest BCUT2D eigenvalue weighted by atomic mass is 32.2. The van der Waals surface area contributed by atoms with Crippen LogP contribution in [0.3, 0.4) is 0 Å². The Bertz CT molecular complexity index is 868. The molecule has 8 heteroatoms. The van der Waals surface area contributed by atoms with E-state index < -0.39 is 12.0 Å². The van der Waals surface area contributed by atoms with Crippen LogP contribution in [0.15, 0.2) is 51.3 Å². The van der Waals surface area contributed by atoms with Gasteiger partial charge in [-0.05, 0) is 43.3 Å². The summed E-state index contributed by atoms with van der Waals surface area (Å²) < 4.78 is 18.5. The first-order chi connectivity index (χ1) is 12.0. The van der Waals surface area contributed by atoms with Crippen molar-refractivity contribution in [3.8, 4) is 6.07 Å². The highest BCUT2D eigenvalue weighted by Crippen LogP contribution is 2.45. The second kappa shape index (κ2) is 6.61. The number of ether oxygens (including phenoxy) is 1. The lowest BCUT2D eigenvalue weighted by Crippen LogP contribution is -2.38. The van der Waals surface area contributed by atoms with Crippen LogP contribution in [0.1, 0.15) is 25.5 Å². The molecular weight excluding hydrogens is 343 g/mol. The minimum absolute atomic E-state index is 0.214. The Morgan fingerprint density at radius 2 is 2.16 bits per heavy atom. The number of amidine groups is 1. The van der Waals surface area contributed by atoms with Crippen molar-refractivity contribution in [3.05, 3.63) is 57.6 Å². The molecule has 2 heterocycles. The summed E-state index contributed by atoms with van der Waals surface area (Å²) in [5.74, 6) is -0.681. The molecule has 128 valence electrons. The van der Waals surface area contributed by atoms with Gasteiger partial charge >= 0.3 is 5.97 Å². The number of hydrogen-bond donors (Lipinski definition) is 1. The molecule has 2 aliphatic heterocycles. The van der Waals surface area contributed by atoms with Gasteiger partial charge in [0.1, 0.15) is 22.6 Å². The average Bonchev–Trinajstić information content (AvgIpc) is 2.90. The Kier molecular flexibility index (Phi) is 4.51. The van der Waals surface area contributed by atoms with Crippen LogP contribution >= 0.6 is 11.8 Å². The van der Waals surface area contributed by atoms with Crippen LogP contribution < -0.4 is 5.73 Å². The number of hydrogen-bond acceptors (Lipinski definition) is 7. The Morgan fingerprint density at radius 3 is 2.76 bits per heavy atom. The van der Waals surface area contributed by atoms with Crippen molar-refractivity contribution in [1.29, 1.82) is 5.26 Å². The maximum atomic E-state index is 13.3. The number of carbonyl (C=O) groups is 1. The minimum Gasteiger partial charge on any atom is -0.463 e. The molecular formula is C17H15FN4O2S. The summed E-state index contributed by atoms with van der Waals surface area (Å²) in [6.45, 7) is 3.63. The number of fused-ring (bicyclic) bond motifs is 1. The van der Waals surface area contributed by atoms with Crippen LogP contribution in [0.2, 0.25) is 0 Å². The number of nitriles is 1. The smallest absolute Gasteiger partial charge is 0.338 e. The van der Waals surface area contributed by atoms with E-state index in [4.69, 9.17) is 10.5 Å². The largest absolute Gasteiger partial charge is 0.463 e. The van der Waals surface area contributed by atoms with Gasteiger partial charge in [-0.2, -0.15) is 5.26 Å². The molecule has 0 bridgehead atoms. The van der Waals surface area contributed by atoms with Crippen LogP contribution in [-0.2, 0) is 9.53 Å². The molecule has 3 rings (SSSR count). The van der Waals surface area contributed by atoms with E-state index in [1.807, 2.05) is 6.07 Å². The van der Waals surface area contributed by atoms with E-state index in [-0.39, 0.29) is 18.2 Å². The zero-order valence-corrected chi connectivity index (χ0v) is 14.4. The molecule has 0 saturated heterocycles. The van der Waals surface area contributed by atoms with Gasteiger partial charge in [0.15, 0.2) is 5.17 Å². The molecule has 0 spiro atoms. The molecule has 1 aromatic rings. The van der Waals surface area contributed by atoms with Crippen LogP contribution in [-0.4, -0.2) is 22.6 Å². The SMILES string of the molecule is CCOC(=O)C1=C(C)N=C2SC(C#N)=C(N)N2[C@@H]1c1ccc(F)cc1. The predicted molar refractivity (Wildman–Crippen MR) is 92.2 cm³/mol. The van der Waals surface area contributed by atoms with E-state index in [1.165, 1.54) is 12.1 Å². The lowest BCUT2D eigenvalue weighted by molar-refractivity contribution is -0.139. The van der Waals surface area contributed by atoms with Crippen molar-refractivity contribution < 1.29 is 13.9 Å². The van der Waals surface area contributed by atoms with Gasteiger partial charge in [-0.15, -0.1) is 0 Å². The molecule has 25 heavy (non-hydrogen) atoms. The number of esters is 1. The number of allylic oxidation sites excluding steroid dienone is 2. The van der Waals surface area contributed by atoms with Gasteiger partial charge in [-0.3, -0.25) is 4.90 Å². The summed E-state index contributed by atoms with van der Waals surface area (Å²) in [7, 11) is 0. The van der Waals surface area contributed by atoms with Gasteiger partial charge in [-0.1, -0.05) is 12.1 Å². The Balaban J connectivity index is 2.18. The molecule has 2 aliphatic rings. The van der Waals surface area contributed by atoms with Crippen LogP contribution in [0, 0.1) is 17.1 Å². The van der Waals surface area contributed by atoms with E-state index in [0.717, 1.165) is 11.8 Å². The van der Waals surface area contributed by atoms with Gasteiger partial charge < -0.3 is 10.5 Å². The molecule has 0 unspecified atom stereocenters. The molecule has 6 nitrogen and oxygen atoms in total. The molecule has 2 N–H and O–H groups in total. The molecule has 0 radical (unpaired) electrons. The van der Waals surface area contributed by atoms with Crippen molar-refractivity contribution in [1.82, 2.24) is 4.90 Å². The maximum absolute atomic E-state index is 13.3. The second-order valence-corrected chi connectivity index (χ2v) is 6.34. The van der Waals surface area contributed by atoms with Crippen molar-refractivity contribution >= 4 is 22.9 Å². The third-order valence-corrected chi connectivity index (χ3v) is 4.83. The fraction of sp³-hybridized carbons (Fsp3) is 0.235. The van der Waals surface area contributed by atoms with Crippen LogP contribution in [0.25, 0.3) is 0 Å². The first-order valence-corrected chi connectivity index (χ1v) is 8.38. The molecule has 0 amide bonds. The summed E-state index contributed by atoms with van der Waals surface area (Å²) in [4.78, 5) is 18.9. The molecule has 0 fully saturated rings. The number of nitrogens with zero attached hydrogens (tertiary/aromatic N) is 3. The normalized spacial score (nSPS) is 19.5. The zero-order chi connectivity index (χ0) is 18.1. The fourth-order valence-corrected chi connectivity index (χ4v) is 3.69. The summed E-state index contributed by atoms with van der Waals surface area (Å²) in [6, 6.07) is 7.19. The maximum Gasteiger partial charge on any atom is 0.338 e. The molecule has 1 atom stereocenters. The topological polar surface area (TPSA) is 91.7 Å². The van der Waals surface area contributed by atoms with Gasteiger partial charge in [0.2, 0.25) is 0 Å². The van der Waals surface area contributed by atoms with Crippen molar-refractivity contribution in [3.63, 3.8) is 0 Å². The van der Waals surface area contributed by atoms with E-state index >= 15 is 0 Å². The predicted octanol–water partition coefficient (Wildman–Crippen LogP) is 2.77. The number of halogens is 1. The van der Waals surface area contributed by atoms with E-state index in [2.05, 4.69) is 4.99 Å². The Labute approximate surface area is 148 Å². The summed E-state index contributed by atoms with van der Waals surface area (Å²) in [6.07, 6.45) is 0. The number of rotatable bonds is 3. The molecule has 1 aromatic carbocycles. The second-order valence-electron chi connectivity index (χ2n) is 5.37. The van der Waals surface area contributed by atoms with Gasteiger partial charge in [-0.25, -0.2) is 14.2 Å². The van der Waals surface area contributed by atoms with E-state index in [1.54, 1.807) is 30.9 Å². The fourth-order valence-electron chi connectivity index (χ4n) is 2.77. The average molecular weight is 358 g/mol. The Morgan fingerprint density at radius 1 is 1.48 bits per heavy atom. The van der Waals surface area contributed by atoms with Crippen molar-refractivity contribution in [2.45, 2.75) is 19.9 Å². The first-order valence-electron chi connectivity index (χ1n) is 7.56. The number of nitrogens with two attached hydrogens (primary N) is 1. The summed E-state index contributed by atoms with van der Waals surface area (Å²) in [5, 5.41) is 9.76. The van der Waals surface area contributed by atoms with Gasteiger partial charge in [0, 0.05) is 0 Å². The lowest BCUT2D eigenvalue weighted by atomic mass is 9.94. The Hall–Kier alpha value is -2.79. The van der Waals surface area contributed by atoms with Gasteiger partial charge in [0.25, 0.3) is 0 Å². The third kappa shape index (κ3) is 2.87. The number of benzene rings is 1. The van der Waals surface area contributed by atoms with Crippen molar-refractivity contribution in [2.24, 2.45) is 10.7 Å².